The van der Waals surface area contributed by atoms with E-state index in [-0.39, 0.29) is 6.54 Å². The average molecular weight is 211 g/mol. The summed E-state index contributed by atoms with van der Waals surface area (Å²) >= 11 is 4.21. The molecule has 4 heteroatoms. The summed E-state index contributed by atoms with van der Waals surface area (Å²) in [5.41, 5.74) is 0. The Labute approximate surface area is 84.9 Å². The van der Waals surface area contributed by atoms with Crippen molar-refractivity contribution in [1.82, 2.24) is 4.90 Å². The lowest BCUT2D eigenvalue weighted by Crippen LogP contribution is -2.32. The predicted octanol–water partition coefficient (Wildman–Crippen LogP) is 2.39. The highest BCUT2D eigenvalue weighted by Crippen LogP contribution is 2.13. The maximum Gasteiger partial charge on any atom is 0.251 e. The van der Waals surface area contributed by atoms with Crippen molar-refractivity contribution < 1.29 is 8.78 Å². The Morgan fingerprint density at radius 3 is 2.08 bits per heavy atom. The van der Waals surface area contributed by atoms with Gasteiger partial charge in [-0.05, 0) is 24.6 Å². The van der Waals surface area contributed by atoms with Crippen LogP contribution in [0.5, 0.6) is 0 Å². The van der Waals surface area contributed by atoms with Crippen molar-refractivity contribution in [2.75, 3.05) is 25.9 Å². The van der Waals surface area contributed by atoms with Crippen molar-refractivity contribution in [1.29, 1.82) is 0 Å². The Balaban J connectivity index is 3.79. The van der Waals surface area contributed by atoms with E-state index in [1.807, 2.05) is 0 Å². The highest BCUT2D eigenvalue weighted by atomic mass is 32.1. The zero-order chi connectivity index (χ0) is 10.4. The first kappa shape index (κ1) is 13.2. The lowest BCUT2D eigenvalue weighted by molar-refractivity contribution is 0.0911. The molecule has 0 N–H and O–H groups in total. The van der Waals surface area contributed by atoms with Gasteiger partial charge >= 0.3 is 0 Å². The average Bonchev–Trinajstić information content (AvgIpc) is 1.98. The maximum atomic E-state index is 12.0. The van der Waals surface area contributed by atoms with Crippen LogP contribution in [0.1, 0.15) is 13.8 Å². The van der Waals surface area contributed by atoms with Crippen molar-refractivity contribution in [3.63, 3.8) is 0 Å². The third-order valence-electron chi connectivity index (χ3n) is 2.17. The van der Waals surface area contributed by atoms with Gasteiger partial charge in [-0.25, -0.2) is 8.78 Å². The molecule has 0 rings (SSSR count). The predicted molar refractivity (Wildman–Crippen MR) is 55.7 cm³/mol. The normalized spacial score (nSPS) is 14.5. The van der Waals surface area contributed by atoms with Crippen LogP contribution < -0.4 is 0 Å². The van der Waals surface area contributed by atoms with Gasteiger partial charge in [-0.3, -0.25) is 0 Å². The zero-order valence-electron chi connectivity index (χ0n) is 8.50. The van der Waals surface area contributed by atoms with Crippen LogP contribution in [-0.4, -0.2) is 37.2 Å². The number of thiol groups is 1. The first-order valence-corrected chi connectivity index (χ1v) is 5.18. The summed E-state index contributed by atoms with van der Waals surface area (Å²) in [6.45, 7) is 4.75. The van der Waals surface area contributed by atoms with Gasteiger partial charge < -0.3 is 4.90 Å². The van der Waals surface area contributed by atoms with Gasteiger partial charge in [0.2, 0.25) is 0 Å². The number of alkyl halides is 2. The van der Waals surface area contributed by atoms with Gasteiger partial charge in [0.05, 0.1) is 6.54 Å². The molecule has 0 radical (unpaired) electrons. The van der Waals surface area contributed by atoms with E-state index in [1.54, 1.807) is 11.9 Å². The third-order valence-corrected chi connectivity index (χ3v) is 2.64. The first-order valence-electron chi connectivity index (χ1n) is 4.55. The quantitative estimate of drug-likeness (QED) is 0.660. The van der Waals surface area contributed by atoms with Gasteiger partial charge in [-0.1, -0.05) is 13.8 Å². The van der Waals surface area contributed by atoms with Gasteiger partial charge in [0.15, 0.2) is 0 Å². The van der Waals surface area contributed by atoms with Gasteiger partial charge in [-0.2, -0.15) is 12.6 Å². The second-order valence-electron chi connectivity index (χ2n) is 3.80. The van der Waals surface area contributed by atoms with E-state index >= 15 is 0 Å². The molecule has 1 atom stereocenters. The maximum absolute atomic E-state index is 12.0. The second-order valence-corrected chi connectivity index (χ2v) is 4.16. The van der Waals surface area contributed by atoms with Gasteiger partial charge in [0, 0.05) is 6.54 Å². The largest absolute Gasteiger partial charge is 0.301 e. The van der Waals surface area contributed by atoms with Crippen LogP contribution in [0.15, 0.2) is 0 Å². The Kier molecular flexibility index (Phi) is 6.68. The van der Waals surface area contributed by atoms with E-state index in [9.17, 15) is 8.78 Å². The van der Waals surface area contributed by atoms with Crippen molar-refractivity contribution in [3.8, 4) is 0 Å². The molecule has 0 aromatic carbocycles. The number of nitrogens with zero attached hydrogens (tertiary/aromatic N) is 1. The molecule has 0 fully saturated rings. The minimum Gasteiger partial charge on any atom is -0.301 e. The lowest BCUT2D eigenvalue weighted by Gasteiger charge is -2.25. The molecule has 0 aromatic rings. The Hall–Kier alpha value is 0.170. The molecular formula is C9H19F2NS. The van der Waals surface area contributed by atoms with Crippen LogP contribution in [0, 0.1) is 11.8 Å². The fraction of sp³-hybridized carbons (Fsp3) is 1.00. The van der Waals surface area contributed by atoms with Crippen molar-refractivity contribution in [3.05, 3.63) is 0 Å². The van der Waals surface area contributed by atoms with Crippen LogP contribution in [0.3, 0.4) is 0 Å². The van der Waals surface area contributed by atoms with Crippen LogP contribution in [0.25, 0.3) is 0 Å². The highest BCUT2D eigenvalue weighted by Gasteiger charge is 2.16. The van der Waals surface area contributed by atoms with E-state index < -0.39 is 6.43 Å². The molecule has 0 heterocycles. The molecule has 0 saturated heterocycles. The third kappa shape index (κ3) is 6.27. The lowest BCUT2D eigenvalue weighted by atomic mass is 9.97. The van der Waals surface area contributed by atoms with Gasteiger partial charge in [0.25, 0.3) is 6.43 Å². The Bertz CT molecular complexity index is 131. The topological polar surface area (TPSA) is 3.24 Å². The summed E-state index contributed by atoms with van der Waals surface area (Å²) in [5, 5.41) is 0. The van der Waals surface area contributed by atoms with Crippen molar-refractivity contribution in [2.45, 2.75) is 20.3 Å². The van der Waals surface area contributed by atoms with E-state index in [0.29, 0.717) is 18.4 Å². The highest BCUT2D eigenvalue weighted by molar-refractivity contribution is 7.80. The summed E-state index contributed by atoms with van der Waals surface area (Å²) in [5.74, 6) is 1.65. The molecule has 13 heavy (non-hydrogen) atoms. The standard InChI is InChI=1S/C9H19F2NS/c1-7(2)8(6-13)4-12(3)5-9(10)11/h7-9,13H,4-6H2,1-3H3. The van der Waals surface area contributed by atoms with Crippen LogP contribution in [-0.2, 0) is 0 Å². The molecule has 0 aliphatic rings. The summed E-state index contributed by atoms with van der Waals surface area (Å²) in [4.78, 5) is 1.67. The molecule has 80 valence electrons. The SMILES string of the molecule is CC(C)C(CS)CN(C)CC(F)F. The molecule has 1 nitrogen and oxygen atoms in total. The second kappa shape index (κ2) is 6.60. The fourth-order valence-corrected chi connectivity index (χ4v) is 1.73. The Morgan fingerprint density at radius 2 is 1.77 bits per heavy atom. The van der Waals surface area contributed by atoms with Crippen LogP contribution in [0.4, 0.5) is 8.78 Å². The smallest absolute Gasteiger partial charge is 0.251 e. The zero-order valence-corrected chi connectivity index (χ0v) is 9.40. The number of halogens is 2. The molecular weight excluding hydrogens is 192 g/mol. The first-order chi connectivity index (χ1) is 5.97. The molecule has 0 bridgehead atoms. The number of hydrogen-bond acceptors (Lipinski definition) is 2. The molecule has 0 aromatic heterocycles. The minimum absolute atomic E-state index is 0.142. The van der Waals surface area contributed by atoms with Gasteiger partial charge in [0.1, 0.15) is 0 Å². The molecule has 0 spiro atoms. The summed E-state index contributed by atoms with van der Waals surface area (Å²) in [6.07, 6.45) is -2.24. The minimum atomic E-state index is -2.24. The molecule has 0 amide bonds. The van der Waals surface area contributed by atoms with Crippen LogP contribution >= 0.6 is 12.6 Å². The van der Waals surface area contributed by atoms with Crippen molar-refractivity contribution >= 4 is 12.6 Å². The van der Waals surface area contributed by atoms with Crippen LogP contribution in [0.2, 0.25) is 0 Å². The van der Waals surface area contributed by atoms with Crippen molar-refractivity contribution in [2.24, 2.45) is 11.8 Å². The van der Waals surface area contributed by atoms with E-state index in [4.69, 9.17) is 0 Å². The summed E-state index contributed by atoms with van der Waals surface area (Å²) in [7, 11) is 1.73. The molecule has 0 saturated carbocycles. The molecule has 1 unspecified atom stereocenters. The summed E-state index contributed by atoms with van der Waals surface area (Å²) < 4.78 is 24.0. The van der Waals surface area contributed by atoms with Gasteiger partial charge in [-0.15, -0.1) is 0 Å². The van der Waals surface area contributed by atoms with E-state index in [2.05, 4.69) is 26.5 Å². The number of hydrogen-bond donors (Lipinski definition) is 1. The fourth-order valence-electron chi connectivity index (χ4n) is 1.19. The molecule has 0 aliphatic heterocycles. The number of rotatable bonds is 6. The molecule has 0 aliphatic carbocycles. The van der Waals surface area contributed by atoms with E-state index in [0.717, 1.165) is 5.75 Å². The Morgan fingerprint density at radius 1 is 1.23 bits per heavy atom. The monoisotopic (exact) mass is 211 g/mol. The van der Waals surface area contributed by atoms with E-state index in [1.165, 1.54) is 0 Å². The summed E-state index contributed by atoms with van der Waals surface area (Å²) in [6, 6.07) is 0.